The summed E-state index contributed by atoms with van der Waals surface area (Å²) in [5, 5.41) is 1.21. The standard InChI is InChI=1S/C10H20N.Li/c1-4-5-6-7-8-11-9-10(2)3;/h9-10H,2,4-8H2,1,3H3;. The van der Waals surface area contributed by atoms with Crippen LogP contribution in [0.4, 0.5) is 0 Å². The molecule has 0 aromatic carbocycles. The normalized spacial score (nSPS) is 14.0. The fourth-order valence-electron chi connectivity index (χ4n) is 0.990. The number of hydrogen-bond acceptors (Lipinski definition) is 1. The van der Waals surface area contributed by atoms with Crippen LogP contribution in [0.1, 0.15) is 39.5 Å². The van der Waals surface area contributed by atoms with Crippen LogP contribution in [-0.2, 0) is 0 Å². The molecule has 1 atom stereocenters. The minimum atomic E-state index is 0.663. The Kier molecular flexibility index (Phi) is 9.56. The third-order valence-corrected chi connectivity index (χ3v) is 2.14. The van der Waals surface area contributed by atoms with Crippen molar-refractivity contribution in [2.24, 2.45) is 10.9 Å². The molecule has 0 aliphatic heterocycles. The Bertz CT molecular complexity index is 112. The van der Waals surface area contributed by atoms with Crippen LogP contribution >= 0.6 is 0 Å². The van der Waals surface area contributed by atoms with Crippen molar-refractivity contribution >= 4 is 23.9 Å². The van der Waals surface area contributed by atoms with Gasteiger partial charge in [-0.25, -0.2) is 0 Å². The van der Waals surface area contributed by atoms with Crippen molar-refractivity contribution in [1.82, 2.24) is 0 Å². The van der Waals surface area contributed by atoms with Gasteiger partial charge in [0.2, 0.25) is 0 Å². The molecule has 0 saturated heterocycles. The Hall–Kier alpha value is 0.267. The van der Waals surface area contributed by atoms with Crippen LogP contribution in [0.15, 0.2) is 4.99 Å². The van der Waals surface area contributed by atoms with Gasteiger partial charge in [0.15, 0.2) is 0 Å². The van der Waals surface area contributed by atoms with Crippen molar-refractivity contribution in [3.8, 4) is 0 Å². The van der Waals surface area contributed by atoms with Crippen LogP contribution in [0.2, 0.25) is 5.09 Å². The van der Waals surface area contributed by atoms with Gasteiger partial charge in [0.25, 0.3) is 0 Å². The van der Waals surface area contributed by atoms with Crippen LogP contribution < -0.4 is 0 Å². The average Bonchev–Trinajstić information content (AvgIpc) is 2.10. The quantitative estimate of drug-likeness (QED) is 0.309. The van der Waals surface area contributed by atoms with E-state index in [4.69, 9.17) is 0 Å². The van der Waals surface area contributed by atoms with Gasteiger partial charge in [-0.3, -0.25) is 0 Å². The molecule has 0 aliphatic carbocycles. The molecule has 2 heteroatoms. The Labute approximate surface area is 86.2 Å². The summed E-state index contributed by atoms with van der Waals surface area (Å²) in [7, 11) is 0. The zero-order valence-corrected chi connectivity index (χ0v) is 8.84. The summed E-state index contributed by atoms with van der Waals surface area (Å²) < 4.78 is 0. The topological polar surface area (TPSA) is 12.4 Å². The zero-order valence-electron chi connectivity index (χ0n) is 8.84. The maximum absolute atomic E-state index is 4.39. The van der Waals surface area contributed by atoms with Crippen LogP contribution in [-0.4, -0.2) is 30.5 Å². The van der Waals surface area contributed by atoms with E-state index in [0.29, 0.717) is 5.92 Å². The molecule has 0 aromatic heterocycles. The van der Waals surface area contributed by atoms with Crippen molar-refractivity contribution in [2.45, 2.75) is 44.6 Å². The molecule has 0 heterocycles. The molecule has 0 aliphatic rings. The molecule has 0 bridgehead atoms. The van der Waals surface area contributed by atoms with Gasteiger partial charge in [-0.05, 0) is 0 Å². The molecular formula is C10H20LiN. The Morgan fingerprint density at radius 2 is 2.08 bits per heavy atom. The van der Waals surface area contributed by atoms with E-state index < -0.39 is 0 Å². The van der Waals surface area contributed by atoms with E-state index in [1.807, 2.05) is 0 Å². The number of aliphatic imine (C=N–C) groups is 1. The fraction of sp³-hybridized carbons (Fsp3) is 0.900. The fourth-order valence-corrected chi connectivity index (χ4v) is 0.990. The van der Waals surface area contributed by atoms with Gasteiger partial charge in [0, 0.05) is 0 Å². The SMILES string of the molecule is [Li][CH2]C(C)C=NCCCCCC. The van der Waals surface area contributed by atoms with E-state index in [1.54, 1.807) is 0 Å². The molecule has 0 spiro atoms. The molecule has 66 valence electrons. The Balaban J connectivity index is 3.12. The summed E-state index contributed by atoms with van der Waals surface area (Å²) in [6, 6.07) is 0. The van der Waals surface area contributed by atoms with Crippen LogP contribution in [0, 0.1) is 5.92 Å². The Morgan fingerprint density at radius 1 is 1.33 bits per heavy atom. The second-order valence-electron chi connectivity index (χ2n) is 3.50. The van der Waals surface area contributed by atoms with Crippen LogP contribution in [0.3, 0.4) is 0 Å². The van der Waals surface area contributed by atoms with Crippen molar-refractivity contribution in [3.05, 3.63) is 0 Å². The van der Waals surface area contributed by atoms with Gasteiger partial charge in [-0.2, -0.15) is 0 Å². The second-order valence-corrected chi connectivity index (χ2v) is 3.50. The molecule has 0 N–H and O–H groups in total. The summed E-state index contributed by atoms with van der Waals surface area (Å²) >= 11 is 2.20. The van der Waals surface area contributed by atoms with Crippen molar-refractivity contribution in [2.75, 3.05) is 6.54 Å². The second kappa shape index (κ2) is 9.36. The molecule has 1 nitrogen and oxygen atoms in total. The predicted molar refractivity (Wildman–Crippen MR) is 57.2 cm³/mol. The van der Waals surface area contributed by atoms with E-state index in [0.717, 1.165) is 6.54 Å². The summed E-state index contributed by atoms with van der Waals surface area (Å²) in [5.41, 5.74) is 0. The zero-order chi connectivity index (χ0) is 9.23. The molecule has 0 radical (unpaired) electrons. The van der Waals surface area contributed by atoms with Crippen LogP contribution in [0.5, 0.6) is 0 Å². The molecule has 0 rings (SSSR count). The summed E-state index contributed by atoms with van der Waals surface area (Å²) in [4.78, 5) is 4.39. The van der Waals surface area contributed by atoms with Gasteiger partial charge in [-0.1, -0.05) is 0 Å². The number of rotatable bonds is 7. The van der Waals surface area contributed by atoms with Crippen molar-refractivity contribution in [1.29, 1.82) is 0 Å². The van der Waals surface area contributed by atoms with E-state index in [1.165, 1.54) is 30.8 Å². The minimum absolute atomic E-state index is 0.663. The third-order valence-electron chi connectivity index (χ3n) is 2.14. The average molecular weight is 161 g/mol. The molecular weight excluding hydrogens is 141 g/mol. The first-order chi connectivity index (χ1) is 5.81. The summed E-state index contributed by atoms with van der Waals surface area (Å²) in [5.74, 6) is 0.663. The van der Waals surface area contributed by atoms with Gasteiger partial charge >= 0.3 is 86.0 Å². The molecule has 1 unspecified atom stereocenters. The van der Waals surface area contributed by atoms with Gasteiger partial charge < -0.3 is 0 Å². The predicted octanol–water partition coefficient (Wildman–Crippen LogP) is 2.86. The van der Waals surface area contributed by atoms with Gasteiger partial charge in [-0.15, -0.1) is 0 Å². The first kappa shape index (κ1) is 12.3. The Morgan fingerprint density at radius 3 is 2.67 bits per heavy atom. The van der Waals surface area contributed by atoms with Crippen LogP contribution in [0.25, 0.3) is 0 Å². The third kappa shape index (κ3) is 8.36. The molecule has 0 amide bonds. The number of nitrogens with zero attached hydrogens (tertiary/aromatic N) is 1. The van der Waals surface area contributed by atoms with Crippen molar-refractivity contribution in [3.63, 3.8) is 0 Å². The molecule has 0 fully saturated rings. The molecule has 0 saturated carbocycles. The van der Waals surface area contributed by atoms with Crippen molar-refractivity contribution < 1.29 is 0 Å². The number of unbranched alkanes of at least 4 members (excludes halogenated alkanes) is 3. The van der Waals surface area contributed by atoms with E-state index in [9.17, 15) is 0 Å². The molecule has 0 aromatic rings. The van der Waals surface area contributed by atoms with Gasteiger partial charge in [0.1, 0.15) is 0 Å². The monoisotopic (exact) mass is 161 g/mol. The first-order valence-corrected chi connectivity index (χ1v) is 5.31. The van der Waals surface area contributed by atoms with E-state index in [2.05, 4.69) is 42.8 Å². The van der Waals surface area contributed by atoms with E-state index in [-0.39, 0.29) is 0 Å². The van der Waals surface area contributed by atoms with E-state index >= 15 is 0 Å². The number of hydrogen-bond donors (Lipinski definition) is 0. The molecule has 12 heavy (non-hydrogen) atoms. The maximum atomic E-state index is 4.39. The summed E-state index contributed by atoms with van der Waals surface area (Å²) in [6.45, 7) is 5.49. The van der Waals surface area contributed by atoms with Gasteiger partial charge in [0.05, 0.1) is 0 Å². The first-order valence-electron chi connectivity index (χ1n) is 5.31. The summed E-state index contributed by atoms with van der Waals surface area (Å²) in [6.07, 6.45) is 7.38.